The van der Waals surface area contributed by atoms with Crippen molar-refractivity contribution in [1.29, 1.82) is 0 Å². The van der Waals surface area contributed by atoms with Crippen molar-refractivity contribution in [3.05, 3.63) is 71.6 Å². The molecule has 2 aromatic carbocycles. The summed E-state index contributed by atoms with van der Waals surface area (Å²) in [5.74, 6) is 0.500. The van der Waals surface area contributed by atoms with Crippen LogP contribution >= 0.6 is 0 Å². The molecular formula is C36H42N4O6. The van der Waals surface area contributed by atoms with E-state index in [9.17, 15) is 14.4 Å². The molecule has 2 aliphatic heterocycles. The molecule has 3 amide bonds. The molecule has 0 bridgehead atoms. The largest absolute Gasteiger partial charge is 0.493 e. The Morgan fingerprint density at radius 3 is 2.57 bits per heavy atom. The molecule has 0 spiro atoms. The fourth-order valence-electron chi connectivity index (χ4n) is 7.43. The normalized spacial score (nSPS) is 20.6. The number of H-pyrrole nitrogens is 1. The van der Waals surface area contributed by atoms with Crippen molar-refractivity contribution in [3.63, 3.8) is 0 Å². The first-order chi connectivity index (χ1) is 22.2. The van der Waals surface area contributed by atoms with Crippen molar-refractivity contribution in [1.82, 2.24) is 20.1 Å². The van der Waals surface area contributed by atoms with Crippen LogP contribution < -0.4 is 14.8 Å². The number of piperidine rings is 1. The lowest BCUT2D eigenvalue weighted by atomic mass is 9.67. The van der Waals surface area contributed by atoms with Crippen LogP contribution in [0.5, 0.6) is 11.5 Å². The molecule has 10 nitrogen and oxygen atoms in total. The smallest absolute Gasteiger partial charge is 0.228 e. The minimum absolute atomic E-state index is 0.00326. The Balaban J connectivity index is 1.29. The zero-order valence-corrected chi connectivity index (χ0v) is 27.1. The monoisotopic (exact) mass is 626 g/mol. The summed E-state index contributed by atoms with van der Waals surface area (Å²) in [6.45, 7) is 7.85. The summed E-state index contributed by atoms with van der Waals surface area (Å²) in [6, 6.07) is 15.5. The number of benzene rings is 2. The molecule has 4 aromatic rings. The summed E-state index contributed by atoms with van der Waals surface area (Å²) in [4.78, 5) is 49.1. The molecule has 0 unspecified atom stereocenters. The highest BCUT2D eigenvalue weighted by Gasteiger charge is 2.57. The summed E-state index contributed by atoms with van der Waals surface area (Å²) in [7, 11) is 3.14. The van der Waals surface area contributed by atoms with Crippen molar-refractivity contribution >= 4 is 28.6 Å². The van der Waals surface area contributed by atoms with Gasteiger partial charge in [0.05, 0.1) is 31.9 Å². The van der Waals surface area contributed by atoms with E-state index in [1.54, 1.807) is 26.5 Å². The number of hydrogen-bond donors (Lipinski definition) is 2. The Morgan fingerprint density at radius 2 is 1.87 bits per heavy atom. The minimum Gasteiger partial charge on any atom is -0.493 e. The number of furan rings is 1. The first kappa shape index (κ1) is 31.3. The van der Waals surface area contributed by atoms with Crippen molar-refractivity contribution < 1.29 is 28.3 Å². The van der Waals surface area contributed by atoms with Gasteiger partial charge in [-0.05, 0) is 75.1 Å². The molecule has 2 N–H and O–H groups in total. The van der Waals surface area contributed by atoms with Gasteiger partial charge >= 0.3 is 0 Å². The summed E-state index contributed by atoms with van der Waals surface area (Å²) < 4.78 is 16.3. The lowest BCUT2D eigenvalue weighted by Gasteiger charge is -2.54. The lowest BCUT2D eigenvalue weighted by molar-refractivity contribution is -0.164. The van der Waals surface area contributed by atoms with Crippen LogP contribution in [0.1, 0.15) is 50.4 Å². The van der Waals surface area contributed by atoms with Gasteiger partial charge in [0.25, 0.3) is 0 Å². The molecule has 2 aromatic heterocycles. The van der Waals surface area contributed by atoms with Gasteiger partial charge in [0.15, 0.2) is 11.5 Å². The number of aromatic nitrogens is 1. The van der Waals surface area contributed by atoms with E-state index in [4.69, 9.17) is 13.9 Å². The van der Waals surface area contributed by atoms with E-state index in [-0.39, 0.29) is 37.1 Å². The Bertz CT molecular complexity index is 1760. The van der Waals surface area contributed by atoms with Crippen LogP contribution in [0.4, 0.5) is 0 Å². The van der Waals surface area contributed by atoms with Gasteiger partial charge in [0.1, 0.15) is 5.76 Å². The molecule has 6 rings (SSSR count). The molecule has 242 valence electrons. The second-order valence-corrected chi connectivity index (χ2v) is 12.3. The van der Waals surface area contributed by atoms with Crippen molar-refractivity contribution in [3.8, 4) is 22.8 Å². The van der Waals surface area contributed by atoms with Gasteiger partial charge in [-0.1, -0.05) is 18.2 Å². The topological polar surface area (TPSA) is 117 Å². The summed E-state index contributed by atoms with van der Waals surface area (Å²) in [5.41, 5.74) is 3.89. The van der Waals surface area contributed by atoms with Crippen LogP contribution in [0.15, 0.2) is 59.2 Å². The second kappa shape index (κ2) is 12.6. The molecule has 0 aliphatic carbocycles. The number of aromatic amines is 1. The van der Waals surface area contributed by atoms with E-state index in [1.807, 2.05) is 60.9 Å². The molecule has 1 saturated heterocycles. The van der Waals surface area contributed by atoms with E-state index in [2.05, 4.69) is 22.4 Å². The Hall–Kier alpha value is -4.73. The molecule has 0 saturated carbocycles. The van der Waals surface area contributed by atoms with E-state index in [0.717, 1.165) is 39.0 Å². The van der Waals surface area contributed by atoms with E-state index in [0.29, 0.717) is 37.6 Å². The average molecular weight is 627 g/mol. The highest BCUT2D eigenvalue weighted by molar-refractivity contribution is 5.93. The van der Waals surface area contributed by atoms with Gasteiger partial charge in [0.2, 0.25) is 17.7 Å². The fourth-order valence-corrected chi connectivity index (χ4v) is 7.43. The van der Waals surface area contributed by atoms with E-state index >= 15 is 0 Å². The van der Waals surface area contributed by atoms with Gasteiger partial charge in [-0.25, -0.2) is 0 Å². The van der Waals surface area contributed by atoms with Gasteiger partial charge in [-0.15, -0.1) is 0 Å². The van der Waals surface area contributed by atoms with Crippen molar-refractivity contribution in [2.75, 3.05) is 33.9 Å². The van der Waals surface area contributed by atoms with Gasteiger partial charge in [0, 0.05) is 60.7 Å². The first-order valence-electron chi connectivity index (χ1n) is 16.0. The third kappa shape index (κ3) is 5.29. The molecule has 1 fully saturated rings. The number of carbonyl (C=O) groups is 3. The number of amides is 3. The Kier molecular flexibility index (Phi) is 8.55. The molecule has 3 atom stereocenters. The molecule has 10 heteroatoms. The van der Waals surface area contributed by atoms with Crippen LogP contribution in [-0.4, -0.2) is 66.4 Å². The van der Waals surface area contributed by atoms with Crippen LogP contribution in [-0.2, 0) is 32.9 Å². The predicted molar refractivity (Wildman–Crippen MR) is 174 cm³/mol. The molecular weight excluding hydrogens is 584 g/mol. The maximum atomic E-state index is 14.3. The first-order valence-corrected chi connectivity index (χ1v) is 16.0. The van der Waals surface area contributed by atoms with Crippen LogP contribution in [0, 0.1) is 11.8 Å². The van der Waals surface area contributed by atoms with Crippen LogP contribution in [0.3, 0.4) is 0 Å². The second-order valence-electron chi connectivity index (χ2n) is 12.3. The maximum absolute atomic E-state index is 14.3. The van der Waals surface area contributed by atoms with Gasteiger partial charge in [-0.2, -0.15) is 0 Å². The molecule has 46 heavy (non-hydrogen) atoms. The van der Waals surface area contributed by atoms with E-state index < -0.39 is 17.4 Å². The summed E-state index contributed by atoms with van der Waals surface area (Å²) >= 11 is 0. The van der Waals surface area contributed by atoms with Crippen molar-refractivity contribution in [2.24, 2.45) is 11.8 Å². The number of ether oxygens (including phenoxy) is 2. The quantitative estimate of drug-likeness (QED) is 0.248. The van der Waals surface area contributed by atoms with Gasteiger partial charge < -0.3 is 34.0 Å². The number of nitrogens with zero attached hydrogens (tertiary/aromatic N) is 2. The SMILES string of the molecule is CCN(CC)C(=O)[C@H]1C[C@H](CC(=O)NCc2ccc(OC)c(OC)c2)C(=O)N2CCc3c([nH]c4cc(-c5ccco5)ccc34)[C@]12C. The Morgan fingerprint density at radius 1 is 1.09 bits per heavy atom. The minimum atomic E-state index is -0.888. The van der Waals surface area contributed by atoms with Crippen LogP contribution in [0.2, 0.25) is 0 Å². The Labute approximate surface area is 269 Å². The summed E-state index contributed by atoms with van der Waals surface area (Å²) in [5, 5.41) is 4.05. The number of nitrogens with one attached hydrogen (secondary N) is 2. The highest BCUT2D eigenvalue weighted by Crippen LogP contribution is 2.50. The predicted octanol–water partition coefficient (Wildman–Crippen LogP) is 5.26. The van der Waals surface area contributed by atoms with E-state index in [1.165, 1.54) is 0 Å². The zero-order chi connectivity index (χ0) is 32.6. The number of methoxy groups -OCH3 is 2. The fraction of sp³-hybridized carbons (Fsp3) is 0.417. The van der Waals surface area contributed by atoms with Crippen molar-refractivity contribution in [2.45, 2.75) is 52.1 Å². The standard InChI is InChI=1S/C36H42N4O6/c1-6-39(7-2)35(43)27-18-24(20-32(41)37-21-22-10-13-30(44-4)31(17-22)45-5)34(42)40-15-14-26-25-12-11-23(29-9-8-16-46-29)19-28(25)38-33(26)36(27,40)3/h8-13,16-17,19,24,27,38H,6-7,14-15,18,20-21H2,1-5H3,(H,37,41)/t24-,27-,36+/m1/s1. The number of fused-ring (bicyclic) bond motifs is 5. The summed E-state index contributed by atoms with van der Waals surface area (Å²) in [6.07, 6.45) is 2.60. The number of hydrogen-bond acceptors (Lipinski definition) is 6. The third-order valence-corrected chi connectivity index (χ3v) is 9.92. The molecule has 0 radical (unpaired) electrons. The molecule has 4 heterocycles. The number of rotatable bonds is 10. The van der Waals surface area contributed by atoms with Crippen LogP contribution in [0.25, 0.3) is 22.2 Å². The number of carbonyl (C=O) groups excluding carboxylic acids is 3. The lowest BCUT2D eigenvalue weighted by Crippen LogP contribution is -2.64. The maximum Gasteiger partial charge on any atom is 0.228 e. The molecule has 2 aliphatic rings. The average Bonchev–Trinajstić information content (AvgIpc) is 3.74. The highest BCUT2D eigenvalue weighted by atomic mass is 16.5. The zero-order valence-electron chi connectivity index (χ0n) is 27.1. The van der Waals surface area contributed by atoms with Gasteiger partial charge in [-0.3, -0.25) is 14.4 Å². The third-order valence-electron chi connectivity index (χ3n) is 9.92.